The van der Waals surface area contributed by atoms with Crippen LogP contribution < -0.4 is 0 Å². The van der Waals surface area contributed by atoms with Gasteiger partial charge in [-0.05, 0) is 30.4 Å². The summed E-state index contributed by atoms with van der Waals surface area (Å²) in [5.41, 5.74) is -0.560. The first-order valence-electron chi connectivity index (χ1n) is 5.86. The van der Waals surface area contributed by atoms with E-state index in [9.17, 15) is 5.11 Å². The van der Waals surface area contributed by atoms with Gasteiger partial charge in [0.05, 0.1) is 11.9 Å². The van der Waals surface area contributed by atoms with Crippen LogP contribution in [0, 0.1) is 11.8 Å². The maximum Gasteiger partial charge on any atom is 0.106 e. The summed E-state index contributed by atoms with van der Waals surface area (Å²) in [5.74, 6) is 1.87. The van der Waals surface area contributed by atoms with E-state index in [-0.39, 0.29) is 0 Å². The fourth-order valence-electron chi connectivity index (χ4n) is 2.70. The van der Waals surface area contributed by atoms with Crippen molar-refractivity contribution in [2.45, 2.75) is 45.1 Å². The van der Waals surface area contributed by atoms with Gasteiger partial charge in [0.25, 0.3) is 0 Å². The standard InChI is InChI=1S/C13H20O2/c1-10-5-3-7-13(14,11(10)2)9-12-6-4-8-15-12/h4,6,8,10-11,14H,3,5,7,9H2,1-2H3. The maximum atomic E-state index is 10.6. The summed E-state index contributed by atoms with van der Waals surface area (Å²) in [4.78, 5) is 0. The molecule has 2 heteroatoms. The summed E-state index contributed by atoms with van der Waals surface area (Å²) in [5, 5.41) is 10.6. The Hall–Kier alpha value is -0.760. The third-order valence-electron chi connectivity index (χ3n) is 4.03. The molecule has 1 saturated carbocycles. The third kappa shape index (κ3) is 2.10. The van der Waals surface area contributed by atoms with Crippen LogP contribution in [0.25, 0.3) is 0 Å². The summed E-state index contributed by atoms with van der Waals surface area (Å²) in [6.07, 6.45) is 5.60. The molecule has 0 radical (unpaired) electrons. The fraction of sp³-hybridized carbons (Fsp3) is 0.692. The smallest absolute Gasteiger partial charge is 0.106 e. The summed E-state index contributed by atoms with van der Waals surface area (Å²) in [6.45, 7) is 4.39. The van der Waals surface area contributed by atoms with Gasteiger partial charge >= 0.3 is 0 Å². The van der Waals surface area contributed by atoms with Crippen LogP contribution >= 0.6 is 0 Å². The molecule has 3 atom stereocenters. The van der Waals surface area contributed by atoms with Gasteiger partial charge in [0.2, 0.25) is 0 Å². The molecule has 2 nitrogen and oxygen atoms in total. The lowest BCUT2D eigenvalue weighted by molar-refractivity contribution is -0.0650. The summed E-state index contributed by atoms with van der Waals surface area (Å²) in [6, 6.07) is 3.83. The molecule has 1 aromatic rings. The van der Waals surface area contributed by atoms with Crippen LogP contribution in [0.2, 0.25) is 0 Å². The highest BCUT2D eigenvalue weighted by Gasteiger charge is 2.40. The molecule has 0 aromatic carbocycles. The number of furan rings is 1. The molecular formula is C13H20O2. The lowest BCUT2D eigenvalue weighted by Gasteiger charge is -2.41. The highest BCUT2D eigenvalue weighted by molar-refractivity contribution is 5.05. The molecule has 1 N–H and O–H groups in total. The van der Waals surface area contributed by atoms with E-state index in [0.29, 0.717) is 18.3 Å². The largest absolute Gasteiger partial charge is 0.469 e. The Morgan fingerprint density at radius 3 is 3.00 bits per heavy atom. The molecule has 84 valence electrons. The second-order valence-electron chi connectivity index (χ2n) is 5.02. The molecule has 15 heavy (non-hydrogen) atoms. The number of aliphatic hydroxyl groups is 1. The van der Waals surface area contributed by atoms with Crippen LogP contribution in [0.1, 0.15) is 38.9 Å². The van der Waals surface area contributed by atoms with Crippen molar-refractivity contribution in [1.82, 2.24) is 0 Å². The molecule has 1 aliphatic carbocycles. The predicted molar refractivity (Wildman–Crippen MR) is 59.5 cm³/mol. The van der Waals surface area contributed by atoms with Crippen LogP contribution in [-0.4, -0.2) is 10.7 Å². The number of hydrogen-bond donors (Lipinski definition) is 1. The Kier molecular flexibility index (Phi) is 2.87. The maximum absolute atomic E-state index is 10.6. The Balaban J connectivity index is 2.11. The van der Waals surface area contributed by atoms with Crippen molar-refractivity contribution in [2.75, 3.05) is 0 Å². The summed E-state index contributed by atoms with van der Waals surface area (Å²) >= 11 is 0. The van der Waals surface area contributed by atoms with Crippen LogP contribution in [-0.2, 0) is 6.42 Å². The van der Waals surface area contributed by atoms with Gasteiger partial charge in [-0.1, -0.05) is 26.7 Å². The van der Waals surface area contributed by atoms with E-state index >= 15 is 0 Å². The molecule has 2 rings (SSSR count). The minimum atomic E-state index is -0.560. The zero-order chi connectivity index (χ0) is 10.9. The highest BCUT2D eigenvalue weighted by Crippen LogP contribution is 2.39. The monoisotopic (exact) mass is 208 g/mol. The molecule has 1 aromatic heterocycles. The Morgan fingerprint density at radius 2 is 2.33 bits per heavy atom. The van der Waals surface area contributed by atoms with Crippen molar-refractivity contribution in [3.8, 4) is 0 Å². The molecule has 0 spiro atoms. The average Bonchev–Trinajstić information content (AvgIpc) is 2.67. The van der Waals surface area contributed by atoms with E-state index in [1.165, 1.54) is 6.42 Å². The first-order chi connectivity index (χ1) is 7.12. The van der Waals surface area contributed by atoms with Crippen molar-refractivity contribution in [3.05, 3.63) is 24.2 Å². The summed E-state index contributed by atoms with van der Waals surface area (Å²) in [7, 11) is 0. The molecule has 0 amide bonds. The molecule has 3 unspecified atom stereocenters. The van der Waals surface area contributed by atoms with E-state index in [1.807, 2.05) is 12.1 Å². The van der Waals surface area contributed by atoms with Crippen molar-refractivity contribution >= 4 is 0 Å². The molecule has 0 saturated heterocycles. The molecule has 1 aliphatic rings. The van der Waals surface area contributed by atoms with E-state index < -0.39 is 5.60 Å². The van der Waals surface area contributed by atoms with Crippen molar-refractivity contribution in [3.63, 3.8) is 0 Å². The predicted octanol–water partition coefficient (Wildman–Crippen LogP) is 3.01. The second kappa shape index (κ2) is 4.01. The van der Waals surface area contributed by atoms with Gasteiger partial charge in [-0.2, -0.15) is 0 Å². The lowest BCUT2D eigenvalue weighted by Crippen LogP contribution is -2.44. The fourth-order valence-corrected chi connectivity index (χ4v) is 2.70. The van der Waals surface area contributed by atoms with E-state index in [4.69, 9.17) is 4.42 Å². The minimum Gasteiger partial charge on any atom is -0.469 e. The third-order valence-corrected chi connectivity index (χ3v) is 4.03. The molecule has 1 fully saturated rings. The zero-order valence-corrected chi connectivity index (χ0v) is 9.57. The number of hydrogen-bond acceptors (Lipinski definition) is 2. The van der Waals surface area contributed by atoms with Gasteiger partial charge in [0.15, 0.2) is 0 Å². The topological polar surface area (TPSA) is 33.4 Å². The van der Waals surface area contributed by atoms with Crippen LogP contribution in [0.3, 0.4) is 0 Å². The Morgan fingerprint density at radius 1 is 1.53 bits per heavy atom. The zero-order valence-electron chi connectivity index (χ0n) is 9.57. The number of rotatable bonds is 2. The Labute approximate surface area is 91.3 Å². The highest BCUT2D eigenvalue weighted by atomic mass is 16.3. The molecular weight excluding hydrogens is 188 g/mol. The SMILES string of the molecule is CC1CCCC(O)(Cc2ccco2)C1C. The first-order valence-corrected chi connectivity index (χ1v) is 5.86. The van der Waals surface area contributed by atoms with Gasteiger partial charge in [0.1, 0.15) is 5.76 Å². The molecule has 0 bridgehead atoms. The Bertz CT molecular complexity index is 304. The van der Waals surface area contributed by atoms with E-state index in [1.54, 1.807) is 6.26 Å². The van der Waals surface area contributed by atoms with Gasteiger partial charge in [-0.15, -0.1) is 0 Å². The first kappa shape index (κ1) is 10.7. The van der Waals surface area contributed by atoms with Gasteiger partial charge in [0, 0.05) is 6.42 Å². The van der Waals surface area contributed by atoms with E-state index in [0.717, 1.165) is 18.6 Å². The normalized spacial score (nSPS) is 36.7. The average molecular weight is 208 g/mol. The van der Waals surface area contributed by atoms with Crippen molar-refractivity contribution in [2.24, 2.45) is 11.8 Å². The second-order valence-corrected chi connectivity index (χ2v) is 5.02. The van der Waals surface area contributed by atoms with Crippen LogP contribution in [0.15, 0.2) is 22.8 Å². The van der Waals surface area contributed by atoms with Gasteiger partial charge in [-0.3, -0.25) is 0 Å². The molecule has 1 heterocycles. The van der Waals surface area contributed by atoms with Crippen LogP contribution in [0.4, 0.5) is 0 Å². The quantitative estimate of drug-likeness (QED) is 0.810. The molecule has 0 aliphatic heterocycles. The van der Waals surface area contributed by atoms with Gasteiger partial charge < -0.3 is 9.52 Å². The lowest BCUT2D eigenvalue weighted by atomic mass is 9.69. The van der Waals surface area contributed by atoms with Gasteiger partial charge in [-0.25, -0.2) is 0 Å². The summed E-state index contributed by atoms with van der Waals surface area (Å²) < 4.78 is 5.33. The van der Waals surface area contributed by atoms with Crippen molar-refractivity contribution in [1.29, 1.82) is 0 Å². The van der Waals surface area contributed by atoms with E-state index in [2.05, 4.69) is 13.8 Å². The minimum absolute atomic E-state index is 0.358. The van der Waals surface area contributed by atoms with Crippen molar-refractivity contribution < 1.29 is 9.52 Å². The van der Waals surface area contributed by atoms with Crippen LogP contribution in [0.5, 0.6) is 0 Å².